The first-order valence-electron chi connectivity index (χ1n) is 13.4. The first-order chi connectivity index (χ1) is 19.7. The van der Waals surface area contributed by atoms with Crippen molar-refractivity contribution in [3.05, 3.63) is 54.1 Å². The Morgan fingerprint density at radius 2 is 1.73 bits per heavy atom. The van der Waals surface area contributed by atoms with Crippen molar-refractivity contribution in [2.45, 2.75) is 32.6 Å². The van der Waals surface area contributed by atoms with Crippen LogP contribution in [0.2, 0.25) is 0 Å². The van der Waals surface area contributed by atoms with E-state index < -0.39 is 18.6 Å². The average molecular weight is 560 g/mol. The zero-order valence-corrected chi connectivity index (χ0v) is 23.2. The van der Waals surface area contributed by atoms with Crippen LogP contribution in [0.5, 0.6) is 5.88 Å². The molecular weight excluding hydrogens is 526 g/mol. The van der Waals surface area contributed by atoms with Gasteiger partial charge in [-0.25, -0.2) is 9.97 Å². The SMILES string of the molecule is COc1ccc(-c2ccc(-c3cnn4c(N)c(C(C)=O)c(C5CCN(C(=O)C(C)(CO)CO)CC5)nc34)cn2)cn1. The molecule has 4 aromatic heterocycles. The number of ketones is 1. The van der Waals surface area contributed by atoms with E-state index in [1.165, 1.54) is 11.4 Å². The predicted molar refractivity (Wildman–Crippen MR) is 151 cm³/mol. The number of Topliss-reactive ketones (excluding diaryl/α,β-unsaturated/α-hetero) is 1. The second-order valence-electron chi connectivity index (χ2n) is 10.6. The summed E-state index contributed by atoms with van der Waals surface area (Å²) in [5, 5.41) is 23.7. The minimum absolute atomic E-state index is 0.120. The Morgan fingerprint density at radius 3 is 2.29 bits per heavy atom. The first kappa shape index (κ1) is 28.1. The van der Waals surface area contributed by atoms with Gasteiger partial charge < -0.3 is 25.6 Å². The Balaban J connectivity index is 1.46. The molecule has 1 amide bonds. The lowest BCUT2D eigenvalue weighted by molar-refractivity contribution is -0.147. The topological polar surface area (TPSA) is 169 Å². The van der Waals surface area contributed by atoms with Crippen molar-refractivity contribution < 1.29 is 24.5 Å². The number of aliphatic hydroxyl groups excluding tert-OH is 2. The number of likely N-dealkylation sites (tertiary alicyclic amines) is 1. The average Bonchev–Trinajstić information content (AvgIpc) is 3.44. The summed E-state index contributed by atoms with van der Waals surface area (Å²) in [7, 11) is 1.56. The molecule has 4 aromatic rings. The van der Waals surface area contributed by atoms with Crippen LogP contribution in [-0.2, 0) is 4.79 Å². The number of nitrogens with zero attached hydrogens (tertiary/aromatic N) is 6. The number of amides is 1. The maximum atomic E-state index is 12.9. The Kier molecular flexibility index (Phi) is 7.70. The van der Waals surface area contributed by atoms with E-state index >= 15 is 0 Å². The highest BCUT2D eigenvalue weighted by Gasteiger charge is 2.38. The van der Waals surface area contributed by atoms with Crippen molar-refractivity contribution in [2.24, 2.45) is 5.41 Å². The van der Waals surface area contributed by atoms with Crippen LogP contribution >= 0.6 is 0 Å². The molecule has 0 aromatic carbocycles. The number of aromatic nitrogens is 5. The van der Waals surface area contributed by atoms with Gasteiger partial charge in [-0.1, -0.05) is 6.07 Å². The quantitative estimate of drug-likeness (QED) is 0.272. The predicted octanol–water partition coefficient (Wildman–Crippen LogP) is 2.34. The zero-order chi connectivity index (χ0) is 29.3. The van der Waals surface area contributed by atoms with E-state index in [2.05, 4.69) is 15.1 Å². The summed E-state index contributed by atoms with van der Waals surface area (Å²) in [4.78, 5) is 41.1. The summed E-state index contributed by atoms with van der Waals surface area (Å²) in [6.45, 7) is 2.92. The van der Waals surface area contributed by atoms with Crippen molar-refractivity contribution in [1.29, 1.82) is 0 Å². The minimum Gasteiger partial charge on any atom is -0.481 e. The Labute approximate surface area is 236 Å². The number of anilines is 1. The number of methoxy groups -OCH3 is 1. The normalized spacial score (nSPS) is 14.4. The summed E-state index contributed by atoms with van der Waals surface area (Å²) in [5.74, 6) is 0.104. The number of pyridine rings is 2. The molecule has 41 heavy (non-hydrogen) atoms. The van der Waals surface area contributed by atoms with Gasteiger partial charge in [0.1, 0.15) is 5.82 Å². The summed E-state index contributed by atoms with van der Waals surface area (Å²) in [5.41, 5.74) is 9.76. The maximum Gasteiger partial charge on any atom is 0.233 e. The third kappa shape index (κ3) is 5.11. The van der Waals surface area contributed by atoms with Crippen LogP contribution in [0, 0.1) is 5.41 Å². The number of carbonyl (C=O) groups is 2. The van der Waals surface area contributed by atoms with Gasteiger partial charge in [0.05, 0.1) is 48.9 Å². The van der Waals surface area contributed by atoms with Gasteiger partial charge in [-0.2, -0.15) is 9.61 Å². The highest BCUT2D eigenvalue weighted by molar-refractivity contribution is 6.00. The summed E-state index contributed by atoms with van der Waals surface area (Å²) >= 11 is 0. The Hall–Kier alpha value is -4.42. The molecule has 214 valence electrons. The van der Waals surface area contributed by atoms with E-state index in [1.54, 1.807) is 43.6 Å². The number of nitrogen functional groups attached to an aromatic ring is 1. The van der Waals surface area contributed by atoms with Crippen LogP contribution in [0.3, 0.4) is 0 Å². The molecule has 1 saturated heterocycles. The molecular formula is C29H33N7O5. The summed E-state index contributed by atoms with van der Waals surface area (Å²) in [6.07, 6.45) is 6.19. The molecule has 0 spiro atoms. The van der Waals surface area contributed by atoms with Gasteiger partial charge in [0.25, 0.3) is 0 Å². The number of nitrogens with two attached hydrogens (primary N) is 1. The van der Waals surface area contributed by atoms with Crippen LogP contribution < -0.4 is 10.5 Å². The number of ether oxygens (including phenoxy) is 1. The van der Waals surface area contributed by atoms with Gasteiger partial charge in [0.2, 0.25) is 11.8 Å². The number of hydrogen-bond acceptors (Lipinski definition) is 10. The number of carbonyl (C=O) groups excluding carboxylic acids is 2. The third-order valence-electron chi connectivity index (χ3n) is 7.76. The van der Waals surface area contributed by atoms with Crippen LogP contribution in [0.15, 0.2) is 42.9 Å². The molecule has 4 N–H and O–H groups in total. The number of piperidine rings is 1. The lowest BCUT2D eigenvalue weighted by Crippen LogP contribution is -2.49. The molecule has 1 aliphatic heterocycles. The zero-order valence-electron chi connectivity index (χ0n) is 23.2. The van der Waals surface area contributed by atoms with Gasteiger partial charge >= 0.3 is 0 Å². The fraction of sp³-hybridized carbons (Fsp3) is 0.379. The monoisotopic (exact) mass is 559 g/mol. The Bertz CT molecular complexity index is 1570. The number of fused-ring (bicyclic) bond motifs is 1. The van der Waals surface area contributed by atoms with E-state index in [9.17, 15) is 19.8 Å². The van der Waals surface area contributed by atoms with Crippen LogP contribution in [0.1, 0.15) is 48.7 Å². The summed E-state index contributed by atoms with van der Waals surface area (Å²) < 4.78 is 6.60. The van der Waals surface area contributed by atoms with E-state index in [-0.39, 0.29) is 23.4 Å². The smallest absolute Gasteiger partial charge is 0.233 e. The van der Waals surface area contributed by atoms with Crippen LogP contribution in [0.25, 0.3) is 28.0 Å². The molecule has 0 radical (unpaired) electrons. The summed E-state index contributed by atoms with van der Waals surface area (Å²) in [6, 6.07) is 7.46. The Morgan fingerprint density at radius 1 is 1.05 bits per heavy atom. The van der Waals surface area contributed by atoms with Gasteiger partial charge in [0.15, 0.2) is 11.4 Å². The fourth-order valence-electron chi connectivity index (χ4n) is 5.19. The molecule has 0 saturated carbocycles. The van der Waals surface area contributed by atoms with Crippen molar-refractivity contribution in [3.8, 4) is 28.3 Å². The van der Waals surface area contributed by atoms with Crippen LogP contribution in [0.4, 0.5) is 5.82 Å². The molecule has 12 nitrogen and oxygen atoms in total. The van der Waals surface area contributed by atoms with Gasteiger partial charge in [-0.3, -0.25) is 14.6 Å². The van der Waals surface area contributed by atoms with Crippen molar-refractivity contribution in [2.75, 3.05) is 39.1 Å². The first-order valence-corrected chi connectivity index (χ1v) is 13.4. The minimum atomic E-state index is -1.24. The molecule has 5 heterocycles. The second-order valence-corrected chi connectivity index (χ2v) is 10.6. The molecule has 1 fully saturated rings. The highest BCUT2D eigenvalue weighted by Crippen LogP contribution is 2.35. The number of rotatable bonds is 8. The van der Waals surface area contributed by atoms with Gasteiger partial charge in [-0.15, -0.1) is 0 Å². The highest BCUT2D eigenvalue weighted by atomic mass is 16.5. The number of hydrogen-bond donors (Lipinski definition) is 3. The molecule has 5 rings (SSSR count). The lowest BCUT2D eigenvalue weighted by Gasteiger charge is -2.37. The largest absolute Gasteiger partial charge is 0.481 e. The molecule has 0 unspecified atom stereocenters. The second kappa shape index (κ2) is 11.2. The number of aliphatic hydroxyl groups is 2. The standard InChI is InChI=1S/C29H33N7O5/c1-17(39)24-25(18-8-10-35(11-9-18)28(40)29(2,15-37)16-38)34-27-21(14-33-36(27)26(24)30)19-4-6-22(31-12-19)20-5-7-23(41-3)32-13-20/h4-7,12-14,18,37-38H,8-11,15-16,30H2,1-3H3. The molecule has 0 bridgehead atoms. The third-order valence-corrected chi connectivity index (χ3v) is 7.76. The van der Waals surface area contributed by atoms with Crippen molar-refractivity contribution in [3.63, 3.8) is 0 Å². The van der Waals surface area contributed by atoms with Gasteiger partial charge in [-0.05, 0) is 38.8 Å². The van der Waals surface area contributed by atoms with E-state index in [4.69, 9.17) is 15.5 Å². The molecule has 1 aliphatic rings. The molecule has 0 atom stereocenters. The van der Waals surface area contributed by atoms with E-state index in [0.717, 1.165) is 16.8 Å². The van der Waals surface area contributed by atoms with E-state index in [1.807, 2.05) is 18.2 Å². The van der Waals surface area contributed by atoms with Crippen molar-refractivity contribution in [1.82, 2.24) is 29.5 Å². The van der Waals surface area contributed by atoms with Gasteiger partial charge in [0, 0.05) is 54.2 Å². The van der Waals surface area contributed by atoms with E-state index in [0.29, 0.717) is 54.3 Å². The fourth-order valence-corrected chi connectivity index (χ4v) is 5.19. The lowest BCUT2D eigenvalue weighted by atomic mass is 9.86. The molecule has 0 aliphatic carbocycles. The van der Waals surface area contributed by atoms with Crippen molar-refractivity contribution >= 4 is 23.2 Å². The maximum absolute atomic E-state index is 12.9. The molecule has 12 heteroatoms. The van der Waals surface area contributed by atoms with Crippen LogP contribution in [-0.4, -0.2) is 84.8 Å².